The molecular formula is C23H34O11. The molecule has 0 aliphatic carbocycles. The number of carbonyl (C=O) groups excluding carboxylic acids is 3. The molecule has 4 heterocycles. The third-order valence-electron chi connectivity index (χ3n) is 5.25. The third-order valence-corrected chi connectivity index (χ3v) is 5.25. The van der Waals surface area contributed by atoms with Gasteiger partial charge in [-0.1, -0.05) is 34.6 Å². The highest BCUT2D eigenvalue weighted by atomic mass is 16.7. The van der Waals surface area contributed by atoms with E-state index in [4.69, 9.17) is 33.2 Å². The molecule has 4 aliphatic heterocycles. The van der Waals surface area contributed by atoms with Gasteiger partial charge in [-0.15, -0.1) is 0 Å². The van der Waals surface area contributed by atoms with Gasteiger partial charge < -0.3 is 38.3 Å². The smallest absolute Gasteiger partial charge is 0.330 e. The van der Waals surface area contributed by atoms with Gasteiger partial charge in [-0.05, 0) is 0 Å². The highest BCUT2D eigenvalue weighted by Gasteiger charge is 2.51. The molecule has 0 spiro atoms. The molecule has 4 fully saturated rings. The Morgan fingerprint density at radius 3 is 1.26 bits per heavy atom. The summed E-state index contributed by atoms with van der Waals surface area (Å²) in [6.07, 6.45) is -0.288. The maximum Gasteiger partial charge on any atom is 0.330 e. The van der Waals surface area contributed by atoms with Crippen LogP contribution in [0.25, 0.3) is 0 Å². The Hall–Kier alpha value is -2.57. The number of rotatable bonds is 6. The van der Waals surface area contributed by atoms with Crippen molar-refractivity contribution in [3.05, 3.63) is 38.0 Å². The number of aliphatic hydroxyl groups excluding tert-OH is 1. The quantitative estimate of drug-likeness (QED) is 0.319. The molecular weight excluding hydrogens is 452 g/mol. The molecule has 8 unspecified atom stereocenters. The van der Waals surface area contributed by atoms with Crippen LogP contribution < -0.4 is 0 Å². The van der Waals surface area contributed by atoms with Crippen molar-refractivity contribution in [1.29, 1.82) is 0 Å². The molecule has 8 atom stereocenters. The average Bonchev–Trinajstić information content (AvgIpc) is 3.55. The molecule has 0 aromatic carbocycles. The van der Waals surface area contributed by atoms with E-state index in [9.17, 15) is 19.5 Å². The number of aliphatic hydroxyl groups is 1. The molecule has 192 valence electrons. The molecule has 0 aromatic heterocycles. The largest absolute Gasteiger partial charge is 0.454 e. The standard InChI is InChI=1S/C12H14O6.C9H12O5.2CH4/c1-3-9(13)17-7-5-15-12-8(6-16-11(7)12)18-10(14)4-2;1-2-7(11)14-6-4-13-8-5(10)3-12-9(6)8;;/h3-4,7-8,11-12H,1-2,5-6H2;2,5-6,8-10H,1,3-4H2;2*1H4. The highest BCUT2D eigenvalue weighted by molar-refractivity contribution is 5.82. The van der Waals surface area contributed by atoms with Crippen molar-refractivity contribution in [3.8, 4) is 0 Å². The van der Waals surface area contributed by atoms with Gasteiger partial charge in [0, 0.05) is 18.2 Å². The van der Waals surface area contributed by atoms with Crippen LogP contribution in [0.4, 0.5) is 0 Å². The van der Waals surface area contributed by atoms with E-state index >= 15 is 0 Å². The normalized spacial score (nSPS) is 34.5. The fourth-order valence-corrected chi connectivity index (χ4v) is 3.77. The lowest BCUT2D eigenvalue weighted by Gasteiger charge is -2.16. The van der Waals surface area contributed by atoms with Crippen LogP contribution in [0.2, 0.25) is 0 Å². The van der Waals surface area contributed by atoms with Crippen LogP contribution in [0.5, 0.6) is 0 Å². The lowest BCUT2D eigenvalue weighted by Crippen LogP contribution is -2.35. The number of hydrogen-bond acceptors (Lipinski definition) is 11. The molecule has 34 heavy (non-hydrogen) atoms. The fourth-order valence-electron chi connectivity index (χ4n) is 3.77. The molecule has 0 radical (unpaired) electrons. The third kappa shape index (κ3) is 6.73. The molecule has 11 heteroatoms. The van der Waals surface area contributed by atoms with E-state index in [1.165, 1.54) is 0 Å². The molecule has 1 N–H and O–H groups in total. The summed E-state index contributed by atoms with van der Waals surface area (Å²) in [5.41, 5.74) is 0. The topological polar surface area (TPSA) is 136 Å². The van der Waals surface area contributed by atoms with Crippen LogP contribution in [0.1, 0.15) is 14.9 Å². The minimum absolute atomic E-state index is 0. The van der Waals surface area contributed by atoms with E-state index in [2.05, 4.69) is 19.7 Å². The number of carbonyl (C=O) groups is 3. The minimum atomic E-state index is -0.618. The van der Waals surface area contributed by atoms with Crippen LogP contribution in [-0.2, 0) is 47.5 Å². The van der Waals surface area contributed by atoms with Crippen molar-refractivity contribution in [2.75, 3.05) is 26.4 Å². The Morgan fingerprint density at radius 2 is 0.912 bits per heavy atom. The van der Waals surface area contributed by atoms with E-state index in [-0.39, 0.29) is 53.5 Å². The van der Waals surface area contributed by atoms with Gasteiger partial charge in [-0.2, -0.15) is 0 Å². The first kappa shape index (κ1) is 29.5. The van der Waals surface area contributed by atoms with Gasteiger partial charge in [0.05, 0.1) is 26.4 Å². The number of fused-ring (bicyclic) bond motifs is 2. The van der Waals surface area contributed by atoms with Crippen molar-refractivity contribution < 1.29 is 52.6 Å². The lowest BCUT2D eigenvalue weighted by atomic mass is 10.1. The fraction of sp³-hybridized carbons (Fsp3) is 0.609. The summed E-state index contributed by atoms with van der Waals surface area (Å²) in [6, 6.07) is 0. The maximum absolute atomic E-state index is 11.1. The van der Waals surface area contributed by atoms with Crippen molar-refractivity contribution >= 4 is 17.9 Å². The molecule has 11 nitrogen and oxygen atoms in total. The van der Waals surface area contributed by atoms with Gasteiger partial charge >= 0.3 is 17.9 Å². The first-order valence-electron chi connectivity index (χ1n) is 10.0. The second-order valence-corrected chi connectivity index (χ2v) is 7.30. The molecule has 0 amide bonds. The van der Waals surface area contributed by atoms with E-state index in [1.54, 1.807) is 0 Å². The predicted molar refractivity (Wildman–Crippen MR) is 119 cm³/mol. The Kier molecular flexibility index (Phi) is 11.6. The van der Waals surface area contributed by atoms with Crippen LogP contribution in [-0.4, -0.2) is 98.3 Å². The Balaban J connectivity index is 0.000000329. The summed E-state index contributed by atoms with van der Waals surface area (Å²) >= 11 is 0. The van der Waals surface area contributed by atoms with Gasteiger partial charge in [-0.3, -0.25) is 0 Å². The first-order chi connectivity index (χ1) is 15.4. The summed E-state index contributed by atoms with van der Waals surface area (Å²) < 4.78 is 36.6. The summed E-state index contributed by atoms with van der Waals surface area (Å²) in [5.74, 6) is -1.55. The average molecular weight is 487 g/mol. The van der Waals surface area contributed by atoms with E-state index in [0.717, 1.165) is 18.2 Å². The molecule has 0 saturated carbocycles. The molecule has 4 aliphatic rings. The van der Waals surface area contributed by atoms with E-state index in [0.29, 0.717) is 0 Å². The molecule has 4 saturated heterocycles. The Morgan fingerprint density at radius 1 is 0.618 bits per heavy atom. The van der Waals surface area contributed by atoms with Crippen molar-refractivity contribution in [2.24, 2.45) is 0 Å². The zero-order valence-electron chi connectivity index (χ0n) is 17.3. The highest BCUT2D eigenvalue weighted by Crippen LogP contribution is 2.31. The second-order valence-electron chi connectivity index (χ2n) is 7.30. The van der Waals surface area contributed by atoms with E-state index < -0.39 is 54.5 Å². The molecule has 0 aromatic rings. The van der Waals surface area contributed by atoms with Gasteiger partial charge in [0.15, 0.2) is 18.3 Å². The number of esters is 3. The molecule has 4 rings (SSSR count). The zero-order valence-corrected chi connectivity index (χ0v) is 17.3. The number of hydrogen-bond donors (Lipinski definition) is 1. The monoisotopic (exact) mass is 486 g/mol. The van der Waals surface area contributed by atoms with Gasteiger partial charge in [0.2, 0.25) is 0 Å². The Bertz CT molecular complexity index is 715. The zero-order chi connectivity index (χ0) is 23.3. The first-order valence-corrected chi connectivity index (χ1v) is 10.0. The summed E-state index contributed by atoms with van der Waals surface area (Å²) in [7, 11) is 0. The minimum Gasteiger partial charge on any atom is -0.454 e. The summed E-state index contributed by atoms with van der Waals surface area (Å²) in [5, 5.41) is 9.40. The van der Waals surface area contributed by atoms with Crippen molar-refractivity contribution in [1.82, 2.24) is 0 Å². The van der Waals surface area contributed by atoms with Crippen LogP contribution >= 0.6 is 0 Å². The summed E-state index contributed by atoms with van der Waals surface area (Å²) in [6.45, 7) is 10.9. The van der Waals surface area contributed by atoms with Crippen molar-refractivity contribution in [2.45, 2.75) is 63.7 Å². The predicted octanol–water partition coefficient (Wildman–Crippen LogP) is 0.495. The summed E-state index contributed by atoms with van der Waals surface area (Å²) in [4.78, 5) is 33.1. The lowest BCUT2D eigenvalue weighted by molar-refractivity contribution is -0.149. The van der Waals surface area contributed by atoms with Crippen LogP contribution in [0.3, 0.4) is 0 Å². The van der Waals surface area contributed by atoms with Crippen molar-refractivity contribution in [3.63, 3.8) is 0 Å². The maximum atomic E-state index is 11.1. The van der Waals surface area contributed by atoms with Crippen LogP contribution in [0.15, 0.2) is 38.0 Å². The van der Waals surface area contributed by atoms with Crippen LogP contribution in [0, 0.1) is 0 Å². The van der Waals surface area contributed by atoms with Gasteiger partial charge in [-0.25, -0.2) is 14.4 Å². The SMILES string of the molecule is C.C.C=CC(=O)OC1COC2C(O)COC12.C=CC(=O)OC1COC2C(OC(=O)C=C)COC12. The number of ether oxygens (including phenoxy) is 7. The molecule has 0 bridgehead atoms. The van der Waals surface area contributed by atoms with E-state index in [1.807, 2.05) is 0 Å². The Labute approximate surface area is 199 Å². The van der Waals surface area contributed by atoms with Gasteiger partial charge in [0.25, 0.3) is 0 Å². The second kappa shape index (κ2) is 13.4. The van der Waals surface area contributed by atoms with Gasteiger partial charge in [0.1, 0.15) is 30.5 Å².